The third-order valence-electron chi connectivity index (χ3n) is 3.88. The highest BCUT2D eigenvalue weighted by Gasteiger charge is 2.11. The maximum atomic E-state index is 13.5. The molecule has 0 fully saturated rings. The number of carbonyl (C=O) groups excluding carboxylic acids is 1. The van der Waals surface area contributed by atoms with E-state index in [1.54, 1.807) is 36.7 Å². The molecule has 2 aromatic carbocycles. The predicted molar refractivity (Wildman–Crippen MR) is 104 cm³/mol. The number of hydrogen-bond donors (Lipinski definition) is 2. The number of nitrogens with zero attached hydrogens (tertiary/aromatic N) is 2. The van der Waals surface area contributed by atoms with E-state index in [1.165, 1.54) is 12.1 Å². The van der Waals surface area contributed by atoms with Crippen LogP contribution in [0, 0.1) is 12.7 Å². The van der Waals surface area contributed by atoms with Gasteiger partial charge in [-0.3, -0.25) is 15.1 Å². The monoisotopic (exact) mass is 362 g/mol. The number of aromatic nitrogens is 1. The number of amides is 1. The summed E-state index contributed by atoms with van der Waals surface area (Å²) in [7, 11) is 0. The fourth-order valence-corrected chi connectivity index (χ4v) is 2.47. The zero-order valence-corrected chi connectivity index (χ0v) is 14.8. The number of carbonyl (C=O) groups is 1. The van der Waals surface area contributed by atoms with E-state index in [0.717, 1.165) is 11.1 Å². The van der Waals surface area contributed by atoms with Crippen molar-refractivity contribution in [1.82, 2.24) is 10.3 Å². The van der Waals surface area contributed by atoms with Crippen LogP contribution in [0.2, 0.25) is 0 Å². The van der Waals surface area contributed by atoms with Crippen molar-refractivity contribution < 1.29 is 9.18 Å². The highest BCUT2D eigenvalue weighted by Crippen LogP contribution is 2.10. The number of nitrogens with one attached hydrogen (secondary N) is 2. The van der Waals surface area contributed by atoms with Gasteiger partial charge < -0.3 is 5.32 Å². The van der Waals surface area contributed by atoms with Crippen LogP contribution in [-0.4, -0.2) is 16.9 Å². The van der Waals surface area contributed by atoms with Gasteiger partial charge in [0.05, 0.1) is 6.54 Å². The van der Waals surface area contributed by atoms with Gasteiger partial charge in [-0.2, -0.15) is 0 Å². The Labute approximate surface area is 157 Å². The number of halogens is 1. The van der Waals surface area contributed by atoms with Crippen molar-refractivity contribution in [2.45, 2.75) is 13.5 Å². The lowest BCUT2D eigenvalue weighted by atomic mass is 10.1. The lowest BCUT2D eigenvalue weighted by Crippen LogP contribution is -2.36. The van der Waals surface area contributed by atoms with Crippen molar-refractivity contribution in [2.24, 2.45) is 4.99 Å². The number of pyridine rings is 1. The average Bonchev–Trinajstić information content (AvgIpc) is 2.67. The lowest BCUT2D eigenvalue weighted by molar-refractivity contribution is 0.0976. The second-order valence-electron chi connectivity index (χ2n) is 5.92. The number of aryl methyl sites for hydroxylation is 1. The zero-order valence-electron chi connectivity index (χ0n) is 14.8. The number of anilines is 1. The van der Waals surface area contributed by atoms with Gasteiger partial charge in [-0.05, 0) is 54.4 Å². The number of guanidine groups is 1. The van der Waals surface area contributed by atoms with Gasteiger partial charge in [0.15, 0.2) is 0 Å². The Balaban J connectivity index is 1.82. The van der Waals surface area contributed by atoms with E-state index in [-0.39, 0.29) is 17.7 Å². The molecule has 1 aromatic heterocycles. The van der Waals surface area contributed by atoms with Crippen molar-refractivity contribution in [1.29, 1.82) is 0 Å². The van der Waals surface area contributed by atoms with Gasteiger partial charge >= 0.3 is 0 Å². The molecule has 0 aliphatic rings. The molecule has 2 N–H and O–H groups in total. The summed E-state index contributed by atoms with van der Waals surface area (Å²) in [5, 5.41) is 5.75. The molecule has 27 heavy (non-hydrogen) atoms. The van der Waals surface area contributed by atoms with Crippen LogP contribution in [0.3, 0.4) is 0 Å². The van der Waals surface area contributed by atoms with Gasteiger partial charge in [-0.1, -0.05) is 24.3 Å². The standard InChI is InChI=1S/C21H19FN4O/c1-15-5-2-3-8-19(15)20(27)26-21(24-14-16-9-11-23-12-10-16)25-18-7-4-6-17(22)13-18/h2-13H,14H2,1H3,(H2,24,25,26,27). The molecule has 136 valence electrons. The molecular formula is C21H19FN4O. The Morgan fingerprint density at radius 3 is 2.59 bits per heavy atom. The summed E-state index contributed by atoms with van der Waals surface area (Å²) in [6, 6.07) is 16.9. The van der Waals surface area contributed by atoms with Crippen molar-refractivity contribution in [3.63, 3.8) is 0 Å². The van der Waals surface area contributed by atoms with E-state index >= 15 is 0 Å². The molecule has 0 radical (unpaired) electrons. The number of benzene rings is 2. The second-order valence-corrected chi connectivity index (χ2v) is 5.92. The summed E-state index contributed by atoms with van der Waals surface area (Å²) < 4.78 is 13.5. The molecule has 0 aliphatic heterocycles. The molecule has 3 aromatic rings. The summed E-state index contributed by atoms with van der Waals surface area (Å²) in [6.45, 7) is 2.21. The van der Waals surface area contributed by atoms with Gasteiger partial charge in [0.2, 0.25) is 5.96 Å². The largest absolute Gasteiger partial charge is 0.326 e. The van der Waals surface area contributed by atoms with E-state index in [1.807, 2.05) is 31.2 Å². The molecular weight excluding hydrogens is 343 g/mol. The van der Waals surface area contributed by atoms with E-state index in [9.17, 15) is 9.18 Å². The normalized spacial score (nSPS) is 11.1. The first-order valence-electron chi connectivity index (χ1n) is 8.45. The van der Waals surface area contributed by atoms with Crippen LogP contribution in [0.1, 0.15) is 21.5 Å². The van der Waals surface area contributed by atoms with Crippen LogP contribution in [0.5, 0.6) is 0 Å². The second kappa shape index (κ2) is 8.71. The van der Waals surface area contributed by atoms with E-state index in [2.05, 4.69) is 20.6 Å². The summed E-state index contributed by atoms with van der Waals surface area (Å²) in [6.07, 6.45) is 3.35. The summed E-state index contributed by atoms with van der Waals surface area (Å²) >= 11 is 0. The highest BCUT2D eigenvalue weighted by atomic mass is 19.1. The molecule has 0 unspecified atom stereocenters. The van der Waals surface area contributed by atoms with Crippen LogP contribution in [0.25, 0.3) is 0 Å². The Morgan fingerprint density at radius 2 is 1.85 bits per heavy atom. The van der Waals surface area contributed by atoms with Crippen LogP contribution >= 0.6 is 0 Å². The van der Waals surface area contributed by atoms with Gasteiger partial charge in [0.25, 0.3) is 5.91 Å². The molecule has 0 aliphatic carbocycles. The van der Waals surface area contributed by atoms with Crippen LogP contribution in [0.15, 0.2) is 78.0 Å². The molecule has 0 saturated heterocycles. The molecule has 0 atom stereocenters. The van der Waals surface area contributed by atoms with Crippen molar-refractivity contribution >= 4 is 17.6 Å². The Hall–Kier alpha value is -3.54. The van der Waals surface area contributed by atoms with E-state index < -0.39 is 0 Å². The topological polar surface area (TPSA) is 66.4 Å². The summed E-state index contributed by atoms with van der Waals surface area (Å²) in [5.41, 5.74) is 2.84. The first kappa shape index (κ1) is 18.3. The maximum absolute atomic E-state index is 13.5. The Bertz CT molecular complexity index is 957. The minimum atomic E-state index is -0.376. The molecule has 0 spiro atoms. The zero-order chi connectivity index (χ0) is 19.1. The van der Waals surface area contributed by atoms with Crippen molar-refractivity contribution in [2.75, 3.05) is 5.32 Å². The van der Waals surface area contributed by atoms with Gasteiger partial charge in [0, 0.05) is 23.6 Å². The van der Waals surface area contributed by atoms with Crippen LogP contribution < -0.4 is 10.6 Å². The van der Waals surface area contributed by atoms with Gasteiger partial charge in [-0.25, -0.2) is 9.38 Å². The van der Waals surface area contributed by atoms with Crippen molar-refractivity contribution in [3.8, 4) is 0 Å². The summed E-state index contributed by atoms with van der Waals surface area (Å²) in [5.74, 6) is -0.421. The minimum Gasteiger partial charge on any atom is -0.326 e. The first-order valence-corrected chi connectivity index (χ1v) is 8.45. The van der Waals surface area contributed by atoms with Gasteiger partial charge in [-0.15, -0.1) is 0 Å². The Kier molecular flexibility index (Phi) is 5.89. The van der Waals surface area contributed by atoms with Crippen LogP contribution in [0.4, 0.5) is 10.1 Å². The first-order chi connectivity index (χ1) is 13.1. The number of rotatable bonds is 4. The minimum absolute atomic E-state index is 0.241. The highest BCUT2D eigenvalue weighted by molar-refractivity contribution is 6.10. The quantitative estimate of drug-likeness (QED) is 0.546. The SMILES string of the molecule is Cc1ccccc1C(=O)NC(=NCc1ccncc1)Nc1cccc(F)c1. The molecule has 0 saturated carbocycles. The number of hydrogen-bond acceptors (Lipinski definition) is 3. The molecule has 0 bridgehead atoms. The fraction of sp³-hybridized carbons (Fsp3) is 0.0952. The molecule has 3 rings (SSSR count). The third-order valence-corrected chi connectivity index (χ3v) is 3.88. The molecule has 1 amide bonds. The third kappa shape index (κ3) is 5.22. The maximum Gasteiger partial charge on any atom is 0.258 e. The molecule has 5 nitrogen and oxygen atoms in total. The summed E-state index contributed by atoms with van der Waals surface area (Å²) in [4.78, 5) is 21.0. The fourth-order valence-electron chi connectivity index (χ4n) is 2.47. The van der Waals surface area contributed by atoms with Crippen LogP contribution in [-0.2, 0) is 6.54 Å². The molecule has 1 heterocycles. The lowest BCUT2D eigenvalue weighted by Gasteiger charge is -2.13. The van der Waals surface area contributed by atoms with E-state index in [4.69, 9.17) is 0 Å². The smallest absolute Gasteiger partial charge is 0.258 e. The Morgan fingerprint density at radius 1 is 1.07 bits per heavy atom. The average molecular weight is 362 g/mol. The van der Waals surface area contributed by atoms with Crippen molar-refractivity contribution in [3.05, 3.63) is 95.6 Å². The number of aliphatic imine (C=N–C) groups is 1. The molecule has 6 heteroatoms. The van der Waals surface area contributed by atoms with E-state index in [0.29, 0.717) is 17.8 Å². The van der Waals surface area contributed by atoms with Gasteiger partial charge in [0.1, 0.15) is 5.82 Å². The predicted octanol–water partition coefficient (Wildman–Crippen LogP) is 3.93.